The van der Waals surface area contributed by atoms with E-state index in [1.54, 1.807) is 11.3 Å². The van der Waals surface area contributed by atoms with Crippen LogP contribution in [0, 0.1) is 0 Å². The van der Waals surface area contributed by atoms with Gasteiger partial charge in [0.15, 0.2) is 0 Å². The van der Waals surface area contributed by atoms with E-state index in [2.05, 4.69) is 28.1 Å². The van der Waals surface area contributed by atoms with Gasteiger partial charge in [0.1, 0.15) is 0 Å². The van der Waals surface area contributed by atoms with Crippen LogP contribution in [0.5, 0.6) is 0 Å². The van der Waals surface area contributed by atoms with Crippen LogP contribution < -0.4 is 10.6 Å². The zero-order valence-corrected chi connectivity index (χ0v) is 12.0. The molecule has 0 aliphatic heterocycles. The minimum absolute atomic E-state index is 0.0243. The summed E-state index contributed by atoms with van der Waals surface area (Å²) in [6.45, 7) is 0.964. The maximum absolute atomic E-state index is 11.6. The molecule has 1 aliphatic rings. The molecule has 0 unspecified atom stereocenters. The molecule has 2 rings (SSSR count). The van der Waals surface area contributed by atoms with Crippen LogP contribution in [0.2, 0.25) is 0 Å². The first-order valence-corrected chi connectivity index (χ1v) is 7.81. The number of aliphatic hydroxyl groups excluding tert-OH is 1. The van der Waals surface area contributed by atoms with Gasteiger partial charge in [-0.2, -0.15) is 0 Å². The smallest absolute Gasteiger partial charge is 0.314 e. The molecule has 1 heterocycles. The van der Waals surface area contributed by atoms with E-state index in [9.17, 15) is 4.79 Å². The van der Waals surface area contributed by atoms with Gasteiger partial charge in [-0.25, -0.2) is 4.79 Å². The monoisotopic (exact) mass is 282 g/mol. The quantitative estimate of drug-likeness (QED) is 0.775. The van der Waals surface area contributed by atoms with Crippen LogP contribution in [-0.4, -0.2) is 30.8 Å². The molecule has 1 aromatic rings. The summed E-state index contributed by atoms with van der Waals surface area (Å²) < 4.78 is 0. The fourth-order valence-electron chi connectivity index (χ4n) is 2.80. The molecule has 5 heteroatoms. The Balaban J connectivity index is 1.97. The first-order chi connectivity index (χ1) is 9.27. The Labute approximate surface area is 118 Å². The van der Waals surface area contributed by atoms with Crippen molar-refractivity contribution in [1.29, 1.82) is 0 Å². The number of hydrogen-bond donors (Lipinski definition) is 3. The molecular weight excluding hydrogens is 260 g/mol. The van der Waals surface area contributed by atoms with Gasteiger partial charge in [-0.15, -0.1) is 11.3 Å². The second-order valence-corrected chi connectivity index (χ2v) is 6.10. The maximum Gasteiger partial charge on any atom is 0.314 e. The third-order valence-corrected chi connectivity index (χ3v) is 4.96. The van der Waals surface area contributed by atoms with Crippen LogP contribution in [0.25, 0.3) is 0 Å². The van der Waals surface area contributed by atoms with Gasteiger partial charge in [0.2, 0.25) is 0 Å². The number of thiophene rings is 1. The molecule has 1 aliphatic carbocycles. The van der Waals surface area contributed by atoms with Crippen LogP contribution >= 0.6 is 11.3 Å². The van der Waals surface area contributed by atoms with Gasteiger partial charge in [-0.05, 0) is 24.3 Å². The largest absolute Gasteiger partial charge is 0.395 e. The number of carbonyl (C=O) groups is 1. The molecule has 0 bridgehead atoms. The molecule has 0 radical (unpaired) electrons. The molecule has 4 nitrogen and oxygen atoms in total. The molecule has 1 aromatic heterocycles. The lowest BCUT2D eigenvalue weighted by molar-refractivity contribution is 0.225. The molecule has 0 atom stereocenters. The summed E-state index contributed by atoms with van der Waals surface area (Å²) in [7, 11) is 0. The normalized spacial score (nSPS) is 17.9. The average molecular weight is 282 g/mol. The van der Waals surface area contributed by atoms with Gasteiger partial charge >= 0.3 is 6.03 Å². The lowest BCUT2D eigenvalue weighted by Crippen LogP contribution is -2.45. The lowest BCUT2D eigenvalue weighted by atomic mass is 9.73. The van der Waals surface area contributed by atoms with Crippen LogP contribution in [0.4, 0.5) is 4.79 Å². The van der Waals surface area contributed by atoms with E-state index in [4.69, 9.17) is 5.11 Å². The summed E-state index contributed by atoms with van der Waals surface area (Å²) in [5.41, 5.74) is 0.114. The Morgan fingerprint density at radius 2 is 2.11 bits per heavy atom. The van der Waals surface area contributed by atoms with Crippen LogP contribution in [-0.2, 0) is 5.41 Å². The Kier molecular flexibility index (Phi) is 5.22. The van der Waals surface area contributed by atoms with E-state index < -0.39 is 0 Å². The van der Waals surface area contributed by atoms with Crippen molar-refractivity contribution < 1.29 is 9.90 Å². The third-order valence-electron chi connectivity index (χ3n) is 3.84. The van der Waals surface area contributed by atoms with Gasteiger partial charge in [-0.3, -0.25) is 0 Å². The first kappa shape index (κ1) is 14.3. The topological polar surface area (TPSA) is 61.4 Å². The first-order valence-electron chi connectivity index (χ1n) is 6.93. The van der Waals surface area contributed by atoms with Crippen molar-refractivity contribution in [1.82, 2.24) is 10.6 Å². The third kappa shape index (κ3) is 3.70. The molecule has 106 valence electrons. The molecule has 2 amide bonds. The van der Waals surface area contributed by atoms with E-state index in [0.717, 1.165) is 12.8 Å². The van der Waals surface area contributed by atoms with Crippen LogP contribution in [0.15, 0.2) is 17.5 Å². The zero-order valence-electron chi connectivity index (χ0n) is 11.2. The minimum atomic E-state index is -0.185. The van der Waals surface area contributed by atoms with Crippen molar-refractivity contribution in [3.05, 3.63) is 22.4 Å². The zero-order chi connectivity index (χ0) is 13.6. The highest BCUT2D eigenvalue weighted by atomic mass is 32.1. The maximum atomic E-state index is 11.6. The Bertz CT molecular complexity index is 386. The summed E-state index contributed by atoms with van der Waals surface area (Å²) in [6, 6.07) is 4.08. The van der Waals surface area contributed by atoms with Gasteiger partial charge in [0.05, 0.1) is 6.61 Å². The van der Waals surface area contributed by atoms with E-state index in [-0.39, 0.29) is 18.1 Å². The number of urea groups is 1. The van der Waals surface area contributed by atoms with E-state index in [1.807, 2.05) is 0 Å². The Morgan fingerprint density at radius 3 is 2.74 bits per heavy atom. The molecular formula is C14H22N2O2S. The van der Waals surface area contributed by atoms with Crippen LogP contribution in [0.3, 0.4) is 0 Å². The Morgan fingerprint density at radius 1 is 1.32 bits per heavy atom. The summed E-state index contributed by atoms with van der Waals surface area (Å²) >= 11 is 1.79. The van der Waals surface area contributed by atoms with Crippen molar-refractivity contribution in [2.24, 2.45) is 0 Å². The lowest BCUT2D eigenvalue weighted by Gasteiger charge is -2.36. The standard InChI is InChI=1S/C14H22N2O2S/c17-9-8-15-13(18)16-11-14(6-2-1-3-7-14)12-5-4-10-19-12/h4-5,10,17H,1-3,6-9,11H2,(H2,15,16,18). The van der Waals surface area contributed by atoms with Crippen molar-refractivity contribution in [2.75, 3.05) is 19.7 Å². The molecule has 1 saturated carbocycles. The number of rotatable bonds is 5. The highest BCUT2D eigenvalue weighted by Gasteiger charge is 2.35. The van der Waals surface area contributed by atoms with Crippen molar-refractivity contribution >= 4 is 17.4 Å². The van der Waals surface area contributed by atoms with E-state index in [1.165, 1.54) is 24.1 Å². The van der Waals surface area contributed by atoms with Gasteiger partial charge in [0, 0.05) is 23.4 Å². The fourth-order valence-corrected chi connectivity index (χ4v) is 3.79. The molecule has 0 spiro atoms. The summed E-state index contributed by atoms with van der Waals surface area (Å²) in [5, 5.41) is 16.4. The van der Waals surface area contributed by atoms with Crippen molar-refractivity contribution in [3.8, 4) is 0 Å². The van der Waals surface area contributed by atoms with E-state index in [0.29, 0.717) is 13.1 Å². The highest BCUT2D eigenvalue weighted by Crippen LogP contribution is 2.40. The average Bonchev–Trinajstić information content (AvgIpc) is 2.98. The minimum Gasteiger partial charge on any atom is -0.395 e. The number of aliphatic hydroxyl groups is 1. The van der Waals surface area contributed by atoms with Crippen LogP contribution in [0.1, 0.15) is 37.0 Å². The number of hydrogen-bond acceptors (Lipinski definition) is 3. The number of carbonyl (C=O) groups excluding carboxylic acids is 1. The molecule has 1 fully saturated rings. The predicted octanol–water partition coefficient (Wildman–Crippen LogP) is 2.24. The highest BCUT2D eigenvalue weighted by molar-refractivity contribution is 7.10. The molecule has 19 heavy (non-hydrogen) atoms. The van der Waals surface area contributed by atoms with Crippen molar-refractivity contribution in [2.45, 2.75) is 37.5 Å². The number of nitrogens with one attached hydrogen (secondary N) is 2. The predicted molar refractivity (Wildman–Crippen MR) is 77.6 cm³/mol. The van der Waals surface area contributed by atoms with Gasteiger partial charge in [-0.1, -0.05) is 25.3 Å². The Hall–Kier alpha value is -1.07. The molecule has 3 N–H and O–H groups in total. The van der Waals surface area contributed by atoms with Crippen molar-refractivity contribution in [3.63, 3.8) is 0 Å². The number of amides is 2. The fraction of sp³-hybridized carbons (Fsp3) is 0.643. The summed E-state index contributed by atoms with van der Waals surface area (Å²) in [5.74, 6) is 0. The molecule has 0 saturated heterocycles. The van der Waals surface area contributed by atoms with E-state index >= 15 is 0 Å². The second-order valence-electron chi connectivity index (χ2n) is 5.15. The summed E-state index contributed by atoms with van der Waals surface area (Å²) in [4.78, 5) is 13.0. The summed E-state index contributed by atoms with van der Waals surface area (Å²) in [6.07, 6.45) is 6.06. The SMILES string of the molecule is O=C(NCCO)NCC1(c2cccs2)CCCCC1. The van der Waals surface area contributed by atoms with Gasteiger partial charge in [0.25, 0.3) is 0 Å². The molecule has 0 aromatic carbocycles. The second kappa shape index (κ2) is 6.91. The van der Waals surface area contributed by atoms with Gasteiger partial charge < -0.3 is 15.7 Å².